The van der Waals surface area contributed by atoms with Crippen LogP contribution in [0.2, 0.25) is 0 Å². The van der Waals surface area contributed by atoms with E-state index in [4.69, 9.17) is 4.74 Å². The second kappa shape index (κ2) is 9.16. The molecule has 1 amide bonds. The fourth-order valence-electron chi connectivity index (χ4n) is 3.05. The average molecular weight is 374 g/mol. The number of para-hydroxylation sites is 2. The van der Waals surface area contributed by atoms with Crippen LogP contribution in [0.3, 0.4) is 0 Å². The second-order valence-electron chi connectivity index (χ2n) is 6.75. The normalized spacial score (nSPS) is 15.2. The quantitative estimate of drug-likeness (QED) is 0.781. The van der Waals surface area contributed by atoms with Crippen LogP contribution in [0, 0.1) is 0 Å². The summed E-state index contributed by atoms with van der Waals surface area (Å²) in [5, 5.41) is 8.34. The maximum atomic E-state index is 12.7. The number of benzene rings is 1. The third kappa shape index (κ3) is 4.84. The number of carbonyl (C=O) groups excluding carboxylic acids is 1. The summed E-state index contributed by atoms with van der Waals surface area (Å²) in [5.41, 5.74) is 1.81. The van der Waals surface area contributed by atoms with Crippen LogP contribution < -0.4 is 15.4 Å². The van der Waals surface area contributed by atoms with Crippen LogP contribution in [-0.4, -0.2) is 50.1 Å². The fraction of sp³-hybridized carbons (Fsp3) is 0.450. The van der Waals surface area contributed by atoms with Gasteiger partial charge in [-0.2, -0.15) is 0 Å². The van der Waals surface area contributed by atoms with Crippen LogP contribution >= 0.6 is 11.3 Å². The number of carbonyl (C=O) groups is 1. The van der Waals surface area contributed by atoms with Gasteiger partial charge in [-0.25, -0.2) is 0 Å². The molecule has 0 aliphatic carbocycles. The van der Waals surface area contributed by atoms with Crippen molar-refractivity contribution in [3.8, 4) is 5.75 Å². The van der Waals surface area contributed by atoms with E-state index in [1.807, 2.05) is 35.7 Å². The summed E-state index contributed by atoms with van der Waals surface area (Å²) in [6, 6.07) is 9.67. The topological polar surface area (TPSA) is 53.6 Å². The van der Waals surface area contributed by atoms with Gasteiger partial charge in [-0.3, -0.25) is 9.69 Å². The highest BCUT2D eigenvalue weighted by Crippen LogP contribution is 2.28. The Morgan fingerprint density at radius 1 is 1.27 bits per heavy atom. The summed E-state index contributed by atoms with van der Waals surface area (Å²) in [7, 11) is 0. The van der Waals surface area contributed by atoms with Crippen molar-refractivity contribution in [2.75, 3.05) is 44.6 Å². The highest BCUT2D eigenvalue weighted by atomic mass is 32.1. The number of hydrogen-bond donors (Lipinski definition) is 2. The summed E-state index contributed by atoms with van der Waals surface area (Å²) in [6.07, 6.45) is 0. The largest absolute Gasteiger partial charge is 0.490 e. The summed E-state index contributed by atoms with van der Waals surface area (Å²) in [5.74, 6) is 0.980. The zero-order valence-electron chi connectivity index (χ0n) is 15.5. The molecule has 0 saturated carbocycles. The molecule has 0 atom stereocenters. The van der Waals surface area contributed by atoms with Gasteiger partial charge in [-0.1, -0.05) is 26.0 Å². The van der Waals surface area contributed by atoms with Crippen molar-refractivity contribution in [3.63, 3.8) is 0 Å². The second-order valence-corrected chi connectivity index (χ2v) is 7.67. The number of nitrogens with zero attached hydrogens (tertiary/aromatic N) is 1. The number of rotatable bonds is 7. The van der Waals surface area contributed by atoms with Gasteiger partial charge in [0.15, 0.2) is 0 Å². The van der Waals surface area contributed by atoms with E-state index in [1.165, 1.54) is 11.3 Å². The number of piperazine rings is 1. The van der Waals surface area contributed by atoms with Gasteiger partial charge in [-0.05, 0) is 35.1 Å². The minimum Gasteiger partial charge on any atom is -0.490 e. The van der Waals surface area contributed by atoms with E-state index < -0.39 is 0 Å². The number of anilines is 1. The van der Waals surface area contributed by atoms with Gasteiger partial charge in [-0.15, -0.1) is 11.3 Å². The van der Waals surface area contributed by atoms with Gasteiger partial charge in [0.1, 0.15) is 12.4 Å². The summed E-state index contributed by atoms with van der Waals surface area (Å²) >= 11 is 1.48. The maximum absolute atomic E-state index is 12.7. The fourth-order valence-corrected chi connectivity index (χ4v) is 4.00. The molecule has 5 nitrogen and oxygen atoms in total. The van der Waals surface area contributed by atoms with Crippen molar-refractivity contribution in [2.45, 2.75) is 19.8 Å². The van der Waals surface area contributed by atoms with Gasteiger partial charge in [0.2, 0.25) is 0 Å². The van der Waals surface area contributed by atoms with Crippen LogP contribution in [0.5, 0.6) is 5.75 Å². The predicted octanol–water partition coefficient (Wildman–Crippen LogP) is 3.41. The molecule has 1 aromatic carbocycles. The molecule has 1 fully saturated rings. The highest BCUT2D eigenvalue weighted by Gasteiger charge is 2.17. The number of hydrogen-bond acceptors (Lipinski definition) is 5. The van der Waals surface area contributed by atoms with E-state index in [1.54, 1.807) is 0 Å². The summed E-state index contributed by atoms with van der Waals surface area (Å²) < 4.78 is 5.96. The summed E-state index contributed by atoms with van der Waals surface area (Å²) in [4.78, 5) is 15.9. The Morgan fingerprint density at radius 3 is 2.81 bits per heavy atom. The van der Waals surface area contributed by atoms with E-state index >= 15 is 0 Å². The number of ether oxygens (including phenoxy) is 1. The Hall–Kier alpha value is -1.89. The third-order valence-corrected chi connectivity index (χ3v) is 5.46. The van der Waals surface area contributed by atoms with E-state index in [0.717, 1.165) is 54.6 Å². The third-order valence-electron chi connectivity index (χ3n) is 4.53. The first-order valence-corrected chi connectivity index (χ1v) is 10.1. The molecular weight excluding hydrogens is 346 g/mol. The van der Waals surface area contributed by atoms with Crippen molar-refractivity contribution in [3.05, 3.63) is 46.2 Å². The van der Waals surface area contributed by atoms with Crippen molar-refractivity contribution in [1.82, 2.24) is 10.2 Å². The zero-order valence-corrected chi connectivity index (χ0v) is 16.3. The molecule has 1 aromatic heterocycles. The molecule has 1 saturated heterocycles. The SMILES string of the molecule is CC(C)c1ccsc1C(=O)Nc1ccccc1OCCN1CCNCC1. The minimum atomic E-state index is -0.0677. The van der Waals surface area contributed by atoms with Crippen LogP contribution in [0.15, 0.2) is 35.7 Å². The molecule has 2 aromatic rings. The van der Waals surface area contributed by atoms with E-state index in [-0.39, 0.29) is 5.91 Å². The zero-order chi connectivity index (χ0) is 18.4. The molecule has 2 heterocycles. The van der Waals surface area contributed by atoms with E-state index in [9.17, 15) is 4.79 Å². The number of nitrogens with one attached hydrogen (secondary N) is 2. The Kier molecular flexibility index (Phi) is 6.66. The molecule has 2 N–H and O–H groups in total. The lowest BCUT2D eigenvalue weighted by Gasteiger charge is -2.27. The first kappa shape index (κ1) is 18.9. The van der Waals surface area contributed by atoms with Gasteiger partial charge in [0, 0.05) is 32.7 Å². The van der Waals surface area contributed by atoms with Crippen LogP contribution in [0.1, 0.15) is 35.0 Å². The maximum Gasteiger partial charge on any atom is 0.266 e. The van der Waals surface area contributed by atoms with Crippen molar-refractivity contribution < 1.29 is 9.53 Å². The molecular formula is C20H27N3O2S. The van der Waals surface area contributed by atoms with Gasteiger partial charge >= 0.3 is 0 Å². The minimum absolute atomic E-state index is 0.0677. The van der Waals surface area contributed by atoms with Gasteiger partial charge in [0.05, 0.1) is 10.6 Å². The lowest BCUT2D eigenvalue weighted by Crippen LogP contribution is -2.44. The Labute approximate surface area is 159 Å². The van der Waals surface area contributed by atoms with Gasteiger partial charge in [0.25, 0.3) is 5.91 Å². The van der Waals surface area contributed by atoms with Gasteiger partial charge < -0.3 is 15.4 Å². The smallest absolute Gasteiger partial charge is 0.266 e. The van der Waals surface area contributed by atoms with Crippen molar-refractivity contribution in [1.29, 1.82) is 0 Å². The molecule has 140 valence electrons. The molecule has 6 heteroatoms. The Balaban J connectivity index is 1.61. The molecule has 1 aliphatic rings. The van der Waals surface area contributed by atoms with E-state index in [2.05, 4.69) is 29.4 Å². The lowest BCUT2D eigenvalue weighted by atomic mass is 10.0. The molecule has 3 rings (SSSR count). The van der Waals surface area contributed by atoms with Crippen LogP contribution in [0.4, 0.5) is 5.69 Å². The van der Waals surface area contributed by atoms with Crippen molar-refractivity contribution in [2.24, 2.45) is 0 Å². The molecule has 1 aliphatic heterocycles. The van der Waals surface area contributed by atoms with Crippen LogP contribution in [-0.2, 0) is 0 Å². The molecule has 0 bridgehead atoms. The lowest BCUT2D eigenvalue weighted by molar-refractivity contribution is 0.102. The molecule has 0 unspecified atom stereocenters. The molecule has 26 heavy (non-hydrogen) atoms. The Bertz CT molecular complexity index is 723. The first-order valence-electron chi connectivity index (χ1n) is 9.19. The first-order chi connectivity index (χ1) is 12.6. The Morgan fingerprint density at radius 2 is 2.04 bits per heavy atom. The number of amides is 1. The highest BCUT2D eigenvalue weighted by molar-refractivity contribution is 7.12. The number of thiophene rings is 1. The molecule has 0 spiro atoms. The van der Waals surface area contributed by atoms with Crippen LogP contribution in [0.25, 0.3) is 0 Å². The monoisotopic (exact) mass is 373 g/mol. The van der Waals surface area contributed by atoms with E-state index in [0.29, 0.717) is 12.5 Å². The van der Waals surface area contributed by atoms with Crippen molar-refractivity contribution >= 4 is 22.9 Å². The summed E-state index contributed by atoms with van der Waals surface area (Å²) in [6.45, 7) is 9.89. The average Bonchev–Trinajstić information content (AvgIpc) is 3.14. The standard InChI is InChI=1S/C20H27N3O2S/c1-15(2)16-7-14-26-19(16)20(24)22-17-5-3-4-6-18(17)25-13-12-23-10-8-21-9-11-23/h3-7,14-15,21H,8-13H2,1-2H3,(H,22,24). The molecule has 0 radical (unpaired) electrons. The predicted molar refractivity (Wildman–Crippen MR) is 108 cm³/mol.